The molecule has 4 rings (SSSR count). The zero-order chi connectivity index (χ0) is 22.2. The Hall–Kier alpha value is -3.31. The second kappa shape index (κ2) is 10.8. The molecule has 0 radical (unpaired) electrons. The highest BCUT2D eigenvalue weighted by atomic mass is 16.3. The smallest absolute Gasteiger partial charge is 0.226 e. The lowest BCUT2D eigenvalue weighted by Crippen LogP contribution is -2.44. The number of rotatable bonds is 10. The molecule has 1 saturated heterocycles. The molecular formula is C21H30N10O. The first kappa shape index (κ1) is 21.9. The fraction of sp³-hybridized carbons (Fsp3) is 0.476. The van der Waals surface area contributed by atoms with E-state index >= 15 is 0 Å². The van der Waals surface area contributed by atoms with E-state index in [9.17, 15) is 0 Å². The van der Waals surface area contributed by atoms with Gasteiger partial charge in [0.25, 0.3) is 0 Å². The highest BCUT2D eigenvalue weighted by Crippen LogP contribution is 2.20. The van der Waals surface area contributed by atoms with E-state index in [0.717, 1.165) is 49.1 Å². The Morgan fingerprint density at radius 2 is 1.97 bits per heavy atom. The molecule has 11 heteroatoms. The highest BCUT2D eigenvalue weighted by Gasteiger charge is 2.17. The number of piperazine rings is 1. The first-order valence-electron chi connectivity index (χ1n) is 10.9. The number of aryl methyl sites for hydroxylation is 1. The van der Waals surface area contributed by atoms with Gasteiger partial charge in [0.15, 0.2) is 0 Å². The molecule has 0 aliphatic carbocycles. The van der Waals surface area contributed by atoms with Gasteiger partial charge < -0.3 is 25.5 Å². The van der Waals surface area contributed by atoms with Crippen LogP contribution in [0.3, 0.4) is 0 Å². The number of nitrogens with zero attached hydrogens (tertiary/aromatic N) is 8. The van der Waals surface area contributed by atoms with Crippen LogP contribution in [-0.2, 0) is 19.6 Å². The van der Waals surface area contributed by atoms with Crippen molar-refractivity contribution in [1.82, 2.24) is 34.8 Å². The predicted octanol–water partition coefficient (Wildman–Crippen LogP) is 0.822. The summed E-state index contributed by atoms with van der Waals surface area (Å²) in [6.45, 7) is 5.72. The summed E-state index contributed by atoms with van der Waals surface area (Å²) in [4.78, 5) is 18.2. The van der Waals surface area contributed by atoms with Crippen molar-refractivity contribution in [3.05, 3.63) is 48.0 Å². The van der Waals surface area contributed by atoms with E-state index in [1.807, 2.05) is 30.6 Å². The second-order valence-corrected chi connectivity index (χ2v) is 7.84. The third-order valence-corrected chi connectivity index (χ3v) is 5.30. The molecule has 1 fully saturated rings. The maximum atomic E-state index is 8.97. The summed E-state index contributed by atoms with van der Waals surface area (Å²) in [7, 11) is 2.14. The molecule has 3 N–H and O–H groups in total. The van der Waals surface area contributed by atoms with Crippen molar-refractivity contribution in [2.45, 2.75) is 26.1 Å². The number of aliphatic hydroxyl groups is 1. The lowest BCUT2D eigenvalue weighted by atomic mass is 10.3. The van der Waals surface area contributed by atoms with Crippen molar-refractivity contribution in [2.75, 3.05) is 55.4 Å². The van der Waals surface area contributed by atoms with Gasteiger partial charge in [0.2, 0.25) is 5.95 Å². The molecule has 0 aromatic carbocycles. The van der Waals surface area contributed by atoms with E-state index in [-0.39, 0.29) is 6.61 Å². The number of aromatic nitrogens is 6. The molecule has 4 heterocycles. The van der Waals surface area contributed by atoms with E-state index in [1.54, 1.807) is 10.9 Å². The van der Waals surface area contributed by atoms with Gasteiger partial charge in [0.1, 0.15) is 17.3 Å². The van der Waals surface area contributed by atoms with Crippen molar-refractivity contribution in [3.8, 4) is 0 Å². The summed E-state index contributed by atoms with van der Waals surface area (Å²) < 4.78 is 1.73. The molecule has 0 bridgehead atoms. The van der Waals surface area contributed by atoms with Crippen LogP contribution in [0.1, 0.15) is 17.7 Å². The monoisotopic (exact) mass is 438 g/mol. The summed E-state index contributed by atoms with van der Waals surface area (Å²) in [5.74, 6) is 2.20. The van der Waals surface area contributed by atoms with Gasteiger partial charge in [0.05, 0.1) is 12.7 Å². The average molecular weight is 439 g/mol. The van der Waals surface area contributed by atoms with E-state index in [2.05, 4.69) is 47.8 Å². The Bertz CT molecular complexity index is 972. The minimum Gasteiger partial charge on any atom is -0.396 e. The predicted molar refractivity (Wildman–Crippen MR) is 122 cm³/mol. The van der Waals surface area contributed by atoms with Gasteiger partial charge >= 0.3 is 0 Å². The van der Waals surface area contributed by atoms with Gasteiger partial charge in [-0.3, -0.25) is 9.67 Å². The van der Waals surface area contributed by atoms with Crippen molar-refractivity contribution in [2.24, 2.45) is 0 Å². The summed E-state index contributed by atoms with van der Waals surface area (Å²) >= 11 is 0. The maximum absolute atomic E-state index is 8.97. The fourth-order valence-electron chi connectivity index (χ4n) is 3.43. The number of nitrogens with one attached hydrogen (secondary N) is 2. The summed E-state index contributed by atoms with van der Waals surface area (Å²) in [6, 6.07) is 5.95. The number of hydrogen-bond donors (Lipinski definition) is 3. The van der Waals surface area contributed by atoms with Crippen molar-refractivity contribution < 1.29 is 5.11 Å². The van der Waals surface area contributed by atoms with Gasteiger partial charge in [-0.2, -0.15) is 9.97 Å². The van der Waals surface area contributed by atoms with Crippen LogP contribution in [0.2, 0.25) is 0 Å². The molecule has 170 valence electrons. The molecule has 0 atom stereocenters. The molecule has 11 nitrogen and oxygen atoms in total. The van der Waals surface area contributed by atoms with E-state index in [1.165, 1.54) is 0 Å². The Kier molecular flexibility index (Phi) is 7.41. The maximum Gasteiger partial charge on any atom is 0.226 e. The lowest BCUT2D eigenvalue weighted by molar-refractivity contribution is 0.276. The van der Waals surface area contributed by atoms with Crippen molar-refractivity contribution in [1.29, 1.82) is 0 Å². The number of likely N-dealkylation sites (N-methyl/N-ethyl adjacent to an activating group) is 1. The number of pyridine rings is 1. The first-order chi connectivity index (χ1) is 15.7. The molecule has 1 aliphatic heterocycles. The number of aliphatic hydroxyl groups excluding tert-OH is 1. The van der Waals surface area contributed by atoms with Crippen molar-refractivity contribution >= 4 is 17.6 Å². The third kappa shape index (κ3) is 6.11. The SMILES string of the molecule is CN1CCN(c2cc(NCc3cccnc3)nc(NCc3cn(CCCO)nn3)n2)CC1. The zero-order valence-corrected chi connectivity index (χ0v) is 18.4. The van der Waals surface area contributed by atoms with Crippen LogP contribution in [0.5, 0.6) is 0 Å². The average Bonchev–Trinajstić information content (AvgIpc) is 3.29. The lowest BCUT2D eigenvalue weighted by Gasteiger charge is -2.33. The van der Waals surface area contributed by atoms with E-state index in [0.29, 0.717) is 32.0 Å². The third-order valence-electron chi connectivity index (χ3n) is 5.30. The molecule has 1 aliphatic rings. The van der Waals surface area contributed by atoms with Gasteiger partial charge in [-0.15, -0.1) is 5.10 Å². The highest BCUT2D eigenvalue weighted by molar-refractivity contribution is 5.54. The van der Waals surface area contributed by atoms with Crippen LogP contribution in [0.4, 0.5) is 17.6 Å². The topological polar surface area (TPSA) is 120 Å². The number of anilines is 3. The van der Waals surface area contributed by atoms with Crippen LogP contribution in [0.25, 0.3) is 0 Å². The molecule has 0 amide bonds. The van der Waals surface area contributed by atoms with Gasteiger partial charge in [-0.05, 0) is 25.1 Å². The molecule has 0 unspecified atom stereocenters. The summed E-state index contributed by atoms with van der Waals surface area (Å²) in [5.41, 5.74) is 1.88. The van der Waals surface area contributed by atoms with Crippen LogP contribution in [-0.4, -0.2) is 79.8 Å². The molecule has 3 aromatic heterocycles. The fourth-order valence-corrected chi connectivity index (χ4v) is 3.43. The minimum absolute atomic E-state index is 0.134. The summed E-state index contributed by atoms with van der Waals surface area (Å²) in [6.07, 6.45) is 6.13. The zero-order valence-electron chi connectivity index (χ0n) is 18.4. The molecule has 32 heavy (non-hydrogen) atoms. The van der Waals surface area contributed by atoms with Gasteiger partial charge in [0, 0.05) is 64.3 Å². The Balaban J connectivity index is 1.46. The quantitative estimate of drug-likeness (QED) is 0.420. The van der Waals surface area contributed by atoms with Crippen LogP contribution >= 0.6 is 0 Å². The normalized spacial score (nSPS) is 14.5. The second-order valence-electron chi connectivity index (χ2n) is 7.84. The van der Waals surface area contributed by atoms with E-state index in [4.69, 9.17) is 10.1 Å². The van der Waals surface area contributed by atoms with Gasteiger partial charge in [-0.25, -0.2) is 0 Å². The van der Waals surface area contributed by atoms with Gasteiger partial charge in [-0.1, -0.05) is 11.3 Å². The Labute approximate surface area is 187 Å². The van der Waals surface area contributed by atoms with Crippen LogP contribution in [0.15, 0.2) is 36.8 Å². The Morgan fingerprint density at radius 1 is 1.09 bits per heavy atom. The minimum atomic E-state index is 0.134. The Morgan fingerprint density at radius 3 is 2.75 bits per heavy atom. The number of hydrogen-bond acceptors (Lipinski definition) is 10. The first-order valence-corrected chi connectivity index (χ1v) is 10.9. The molecule has 0 spiro atoms. The van der Waals surface area contributed by atoms with Crippen LogP contribution < -0.4 is 15.5 Å². The molecular weight excluding hydrogens is 408 g/mol. The standard InChI is InChI=1S/C21H30N10O/c1-29-7-9-30(10-8-29)20-12-19(23-14-17-4-2-5-22-13-17)25-21(26-20)24-15-18-16-31(28-27-18)6-3-11-32/h2,4-5,12-13,16,32H,3,6-11,14-15H2,1H3,(H2,23,24,25,26). The molecule has 0 saturated carbocycles. The van der Waals surface area contributed by atoms with E-state index < -0.39 is 0 Å². The summed E-state index contributed by atoms with van der Waals surface area (Å²) in [5, 5.41) is 23.9. The largest absolute Gasteiger partial charge is 0.396 e. The molecule has 3 aromatic rings. The van der Waals surface area contributed by atoms with Crippen LogP contribution in [0, 0.1) is 0 Å². The van der Waals surface area contributed by atoms with Crippen molar-refractivity contribution in [3.63, 3.8) is 0 Å².